The van der Waals surface area contributed by atoms with Crippen LogP contribution in [0.25, 0.3) is 0 Å². The van der Waals surface area contributed by atoms with Crippen molar-refractivity contribution in [1.29, 1.82) is 0 Å². The molecule has 0 aliphatic carbocycles. The van der Waals surface area contributed by atoms with E-state index < -0.39 is 0 Å². The van der Waals surface area contributed by atoms with Crippen molar-refractivity contribution < 1.29 is 5.11 Å². The summed E-state index contributed by atoms with van der Waals surface area (Å²) in [6.07, 6.45) is 1.98. The third-order valence-corrected chi connectivity index (χ3v) is 3.73. The average molecular weight is 278 g/mol. The number of hydrogen-bond donors (Lipinski definition) is 3. The largest absolute Gasteiger partial charge is 0.508 e. The molecule has 19 heavy (non-hydrogen) atoms. The van der Waals surface area contributed by atoms with Crippen LogP contribution >= 0.6 is 11.3 Å². The molecule has 1 aromatic heterocycles. The highest BCUT2D eigenvalue weighted by Gasteiger charge is 2.03. The first-order valence-electron chi connectivity index (χ1n) is 6.31. The molecule has 4 nitrogen and oxygen atoms in total. The fourth-order valence-electron chi connectivity index (χ4n) is 1.83. The highest BCUT2D eigenvalue weighted by atomic mass is 32.1. The average Bonchev–Trinajstić information content (AvgIpc) is 2.81. The van der Waals surface area contributed by atoms with Gasteiger partial charge in [-0.15, -0.1) is 0 Å². The number of phenols is 1. The molecular formula is C14H18N2O2S. The first kappa shape index (κ1) is 13.8. The number of H-pyrrole nitrogens is 1. The number of aromatic hydroxyl groups is 1. The Labute approximate surface area is 116 Å². The van der Waals surface area contributed by atoms with E-state index in [1.54, 1.807) is 12.1 Å². The van der Waals surface area contributed by atoms with Gasteiger partial charge in [0.1, 0.15) is 5.75 Å². The number of phenolic OH excluding ortho intramolecular Hbond substituents is 1. The summed E-state index contributed by atoms with van der Waals surface area (Å²) in [5.41, 5.74) is 2.15. The molecule has 0 amide bonds. The normalized spacial score (nSPS) is 12.5. The van der Waals surface area contributed by atoms with E-state index in [0.29, 0.717) is 18.3 Å². The molecule has 1 heterocycles. The zero-order chi connectivity index (χ0) is 13.7. The molecule has 2 rings (SSSR count). The molecular weight excluding hydrogens is 260 g/mol. The fourth-order valence-corrected chi connectivity index (χ4v) is 2.41. The van der Waals surface area contributed by atoms with Gasteiger partial charge in [0, 0.05) is 23.7 Å². The minimum Gasteiger partial charge on any atom is -0.508 e. The second-order valence-electron chi connectivity index (χ2n) is 4.66. The van der Waals surface area contributed by atoms with Crippen LogP contribution in [0, 0.1) is 0 Å². The van der Waals surface area contributed by atoms with Gasteiger partial charge in [0.05, 0.1) is 0 Å². The van der Waals surface area contributed by atoms with E-state index >= 15 is 0 Å². The third-order valence-electron chi connectivity index (χ3n) is 3.01. The van der Waals surface area contributed by atoms with E-state index in [1.165, 1.54) is 16.9 Å². The SMILES string of the molecule is CC(CCc1ccc(O)cc1)NCc1csc(=O)[nH]1. The maximum atomic E-state index is 11.0. The molecule has 0 saturated carbocycles. The van der Waals surface area contributed by atoms with E-state index in [0.717, 1.165) is 18.5 Å². The second kappa shape index (κ2) is 6.54. The van der Waals surface area contributed by atoms with Crippen molar-refractivity contribution in [3.63, 3.8) is 0 Å². The Morgan fingerprint density at radius 2 is 2.11 bits per heavy atom. The predicted octanol–water partition coefficient (Wildman–Crippen LogP) is 2.25. The van der Waals surface area contributed by atoms with Crippen LogP contribution in [0.4, 0.5) is 0 Å². The molecule has 1 aromatic carbocycles. The van der Waals surface area contributed by atoms with Gasteiger partial charge in [-0.3, -0.25) is 4.79 Å². The highest BCUT2D eigenvalue weighted by Crippen LogP contribution is 2.12. The van der Waals surface area contributed by atoms with E-state index in [2.05, 4.69) is 17.2 Å². The first-order chi connectivity index (χ1) is 9.13. The summed E-state index contributed by atoms with van der Waals surface area (Å²) in [4.78, 5) is 13.8. The Bertz CT molecular complexity index is 559. The summed E-state index contributed by atoms with van der Waals surface area (Å²) in [5, 5.41) is 14.4. The number of nitrogens with one attached hydrogen (secondary N) is 2. The van der Waals surface area contributed by atoms with Crippen molar-refractivity contribution in [3.05, 3.63) is 50.6 Å². The number of aromatic nitrogens is 1. The monoisotopic (exact) mass is 278 g/mol. The zero-order valence-corrected chi connectivity index (χ0v) is 11.7. The van der Waals surface area contributed by atoms with E-state index in [9.17, 15) is 9.90 Å². The Hall–Kier alpha value is -1.59. The lowest BCUT2D eigenvalue weighted by Gasteiger charge is -2.13. The van der Waals surface area contributed by atoms with Gasteiger partial charge in [0.25, 0.3) is 0 Å². The van der Waals surface area contributed by atoms with Crippen molar-refractivity contribution in [1.82, 2.24) is 10.3 Å². The Kier molecular flexibility index (Phi) is 4.76. The van der Waals surface area contributed by atoms with Crippen LogP contribution < -0.4 is 10.2 Å². The number of aromatic amines is 1. The van der Waals surface area contributed by atoms with Crippen LogP contribution in [0.5, 0.6) is 5.75 Å². The lowest BCUT2D eigenvalue weighted by molar-refractivity contribution is 0.474. The molecule has 0 radical (unpaired) electrons. The summed E-state index contributed by atoms with van der Waals surface area (Å²) >= 11 is 1.19. The third kappa shape index (κ3) is 4.54. The highest BCUT2D eigenvalue weighted by molar-refractivity contribution is 7.07. The van der Waals surface area contributed by atoms with Crippen molar-refractivity contribution in [2.24, 2.45) is 0 Å². The zero-order valence-electron chi connectivity index (χ0n) is 10.8. The van der Waals surface area contributed by atoms with Gasteiger partial charge < -0.3 is 15.4 Å². The van der Waals surface area contributed by atoms with Gasteiger partial charge in [0.15, 0.2) is 0 Å². The van der Waals surface area contributed by atoms with Gasteiger partial charge in [-0.25, -0.2) is 0 Å². The lowest BCUT2D eigenvalue weighted by atomic mass is 10.1. The van der Waals surface area contributed by atoms with Gasteiger partial charge >= 0.3 is 4.87 Å². The van der Waals surface area contributed by atoms with E-state index in [4.69, 9.17) is 0 Å². The van der Waals surface area contributed by atoms with Crippen LogP contribution in [0.3, 0.4) is 0 Å². The maximum Gasteiger partial charge on any atom is 0.304 e. The number of thiazole rings is 1. The summed E-state index contributed by atoms with van der Waals surface area (Å²) in [6.45, 7) is 2.82. The van der Waals surface area contributed by atoms with Crippen LogP contribution in [-0.2, 0) is 13.0 Å². The smallest absolute Gasteiger partial charge is 0.304 e. The van der Waals surface area contributed by atoms with Gasteiger partial charge in [-0.05, 0) is 37.5 Å². The molecule has 1 unspecified atom stereocenters. The second-order valence-corrected chi connectivity index (χ2v) is 5.50. The Morgan fingerprint density at radius 1 is 1.37 bits per heavy atom. The molecule has 0 aliphatic rings. The van der Waals surface area contributed by atoms with Gasteiger partial charge in [-0.2, -0.15) is 0 Å². The van der Waals surface area contributed by atoms with Crippen molar-refractivity contribution in [2.45, 2.75) is 32.4 Å². The molecule has 0 saturated heterocycles. The molecule has 0 spiro atoms. The fraction of sp³-hybridized carbons (Fsp3) is 0.357. The maximum absolute atomic E-state index is 11.0. The number of aryl methyl sites for hydroxylation is 1. The minimum atomic E-state index is -0.00598. The van der Waals surface area contributed by atoms with Crippen molar-refractivity contribution in [3.8, 4) is 5.75 Å². The topological polar surface area (TPSA) is 65.1 Å². The number of hydrogen-bond acceptors (Lipinski definition) is 4. The quantitative estimate of drug-likeness (QED) is 0.759. The minimum absolute atomic E-state index is 0.00598. The predicted molar refractivity (Wildman–Crippen MR) is 77.7 cm³/mol. The van der Waals surface area contributed by atoms with E-state index in [1.807, 2.05) is 17.5 Å². The molecule has 5 heteroatoms. The van der Waals surface area contributed by atoms with E-state index in [-0.39, 0.29) is 4.87 Å². The van der Waals surface area contributed by atoms with Crippen LogP contribution in [0.2, 0.25) is 0 Å². The standard InChI is InChI=1S/C14H18N2O2S/c1-10(15-8-12-9-19-14(18)16-12)2-3-11-4-6-13(17)7-5-11/h4-7,9-10,15,17H,2-3,8H2,1H3,(H,16,18). The first-order valence-corrected chi connectivity index (χ1v) is 7.19. The van der Waals surface area contributed by atoms with Gasteiger partial charge in [0.2, 0.25) is 0 Å². The number of rotatable bonds is 6. The summed E-state index contributed by atoms with van der Waals surface area (Å²) in [7, 11) is 0. The molecule has 0 aliphatic heterocycles. The van der Waals surface area contributed by atoms with Crippen LogP contribution in [0.15, 0.2) is 34.4 Å². The number of benzene rings is 1. The molecule has 3 N–H and O–H groups in total. The molecule has 0 fully saturated rings. The Morgan fingerprint density at radius 3 is 2.74 bits per heavy atom. The summed E-state index contributed by atoms with van der Waals surface area (Å²) in [6, 6.07) is 7.68. The summed E-state index contributed by atoms with van der Waals surface area (Å²) in [5.74, 6) is 0.302. The lowest BCUT2D eigenvalue weighted by Crippen LogP contribution is -2.26. The van der Waals surface area contributed by atoms with Crippen LogP contribution in [-0.4, -0.2) is 16.1 Å². The van der Waals surface area contributed by atoms with Crippen LogP contribution in [0.1, 0.15) is 24.6 Å². The van der Waals surface area contributed by atoms with Crippen molar-refractivity contribution >= 4 is 11.3 Å². The molecule has 102 valence electrons. The molecule has 2 aromatic rings. The molecule has 1 atom stereocenters. The summed E-state index contributed by atoms with van der Waals surface area (Å²) < 4.78 is 0. The molecule has 0 bridgehead atoms. The van der Waals surface area contributed by atoms with Crippen molar-refractivity contribution in [2.75, 3.05) is 0 Å². The van der Waals surface area contributed by atoms with Gasteiger partial charge in [-0.1, -0.05) is 23.5 Å². The Balaban J connectivity index is 1.73.